The SMILES string of the molecule is CCN(CC)C(CNCC(OC)OC)c1ccccc1. The van der Waals surface area contributed by atoms with Gasteiger partial charge in [0.2, 0.25) is 0 Å². The van der Waals surface area contributed by atoms with Crippen molar-refractivity contribution in [2.75, 3.05) is 40.4 Å². The molecule has 1 aromatic rings. The third kappa shape index (κ3) is 5.21. The van der Waals surface area contributed by atoms with Gasteiger partial charge < -0.3 is 14.8 Å². The number of methoxy groups -OCH3 is 2. The number of nitrogens with zero attached hydrogens (tertiary/aromatic N) is 1. The summed E-state index contributed by atoms with van der Waals surface area (Å²) in [7, 11) is 3.32. The summed E-state index contributed by atoms with van der Waals surface area (Å²) in [5, 5.41) is 3.44. The Hall–Kier alpha value is -0.940. The maximum atomic E-state index is 5.20. The molecule has 0 fully saturated rings. The van der Waals surface area contributed by atoms with Gasteiger partial charge in [-0.15, -0.1) is 0 Å². The average Bonchev–Trinajstić information content (AvgIpc) is 2.51. The number of hydrogen-bond donors (Lipinski definition) is 1. The molecule has 0 aromatic heterocycles. The molecule has 0 spiro atoms. The predicted molar refractivity (Wildman–Crippen MR) is 82.8 cm³/mol. The molecule has 0 saturated heterocycles. The number of hydrogen-bond acceptors (Lipinski definition) is 4. The summed E-state index contributed by atoms with van der Waals surface area (Å²) in [4.78, 5) is 2.46. The molecule has 1 rings (SSSR count). The van der Waals surface area contributed by atoms with Crippen LogP contribution in [0.2, 0.25) is 0 Å². The van der Waals surface area contributed by atoms with Crippen molar-refractivity contribution in [1.82, 2.24) is 10.2 Å². The van der Waals surface area contributed by atoms with E-state index in [-0.39, 0.29) is 6.29 Å². The molecule has 114 valence electrons. The number of rotatable bonds is 10. The van der Waals surface area contributed by atoms with Gasteiger partial charge in [-0.25, -0.2) is 0 Å². The van der Waals surface area contributed by atoms with Crippen LogP contribution < -0.4 is 5.32 Å². The van der Waals surface area contributed by atoms with E-state index in [9.17, 15) is 0 Å². The molecule has 1 aromatic carbocycles. The fraction of sp³-hybridized carbons (Fsp3) is 0.625. The van der Waals surface area contributed by atoms with Crippen molar-refractivity contribution in [2.45, 2.75) is 26.2 Å². The second-order valence-electron chi connectivity index (χ2n) is 4.71. The molecule has 0 bridgehead atoms. The zero-order valence-electron chi connectivity index (χ0n) is 13.1. The van der Waals surface area contributed by atoms with E-state index in [1.54, 1.807) is 14.2 Å². The molecule has 1 atom stereocenters. The van der Waals surface area contributed by atoms with Crippen molar-refractivity contribution in [3.8, 4) is 0 Å². The van der Waals surface area contributed by atoms with Crippen LogP contribution in [-0.4, -0.2) is 51.6 Å². The van der Waals surface area contributed by atoms with Gasteiger partial charge in [0.25, 0.3) is 0 Å². The van der Waals surface area contributed by atoms with Crippen LogP contribution in [-0.2, 0) is 9.47 Å². The Morgan fingerprint density at radius 2 is 1.60 bits per heavy atom. The highest BCUT2D eigenvalue weighted by Crippen LogP contribution is 2.19. The third-order valence-electron chi connectivity index (χ3n) is 3.61. The lowest BCUT2D eigenvalue weighted by molar-refractivity contribution is -0.0991. The topological polar surface area (TPSA) is 33.7 Å². The number of benzene rings is 1. The summed E-state index contributed by atoms with van der Waals surface area (Å²) in [5.41, 5.74) is 1.34. The summed E-state index contributed by atoms with van der Waals surface area (Å²) in [6.45, 7) is 8.05. The number of ether oxygens (including phenoxy) is 2. The molecule has 20 heavy (non-hydrogen) atoms. The molecule has 0 radical (unpaired) electrons. The van der Waals surface area contributed by atoms with E-state index in [2.05, 4.69) is 54.4 Å². The van der Waals surface area contributed by atoms with Gasteiger partial charge in [0, 0.05) is 33.4 Å². The van der Waals surface area contributed by atoms with Crippen LogP contribution in [0.3, 0.4) is 0 Å². The largest absolute Gasteiger partial charge is 0.355 e. The highest BCUT2D eigenvalue weighted by atomic mass is 16.7. The van der Waals surface area contributed by atoms with Crippen molar-refractivity contribution < 1.29 is 9.47 Å². The smallest absolute Gasteiger partial charge is 0.169 e. The van der Waals surface area contributed by atoms with E-state index in [1.165, 1.54) is 5.56 Å². The van der Waals surface area contributed by atoms with E-state index in [1.807, 2.05) is 0 Å². The second kappa shape index (κ2) is 9.88. The second-order valence-corrected chi connectivity index (χ2v) is 4.71. The van der Waals surface area contributed by atoms with E-state index in [0.29, 0.717) is 12.6 Å². The van der Waals surface area contributed by atoms with Crippen LogP contribution in [0.15, 0.2) is 30.3 Å². The number of nitrogens with one attached hydrogen (secondary N) is 1. The van der Waals surface area contributed by atoms with E-state index < -0.39 is 0 Å². The van der Waals surface area contributed by atoms with Gasteiger partial charge >= 0.3 is 0 Å². The molecule has 4 heteroatoms. The summed E-state index contributed by atoms with van der Waals surface area (Å²) in [6.07, 6.45) is -0.192. The van der Waals surface area contributed by atoms with Crippen LogP contribution in [0.4, 0.5) is 0 Å². The number of likely N-dealkylation sites (N-methyl/N-ethyl adjacent to an activating group) is 1. The third-order valence-corrected chi connectivity index (χ3v) is 3.61. The lowest BCUT2D eigenvalue weighted by Crippen LogP contribution is -2.39. The summed E-state index contributed by atoms with van der Waals surface area (Å²) < 4.78 is 10.4. The maximum absolute atomic E-state index is 5.20. The first-order valence-corrected chi connectivity index (χ1v) is 7.32. The van der Waals surface area contributed by atoms with Gasteiger partial charge in [-0.05, 0) is 18.7 Å². The molecule has 0 saturated carbocycles. The quantitative estimate of drug-likeness (QED) is 0.667. The monoisotopic (exact) mass is 280 g/mol. The molecule has 1 N–H and O–H groups in total. The van der Waals surface area contributed by atoms with Gasteiger partial charge in [0.1, 0.15) is 0 Å². The van der Waals surface area contributed by atoms with Crippen LogP contribution in [0.1, 0.15) is 25.5 Å². The highest BCUT2D eigenvalue weighted by Gasteiger charge is 2.17. The molecule has 0 aliphatic heterocycles. The van der Waals surface area contributed by atoms with Crippen molar-refractivity contribution in [1.29, 1.82) is 0 Å². The van der Waals surface area contributed by atoms with Crippen molar-refractivity contribution >= 4 is 0 Å². The van der Waals surface area contributed by atoms with E-state index >= 15 is 0 Å². The van der Waals surface area contributed by atoms with Crippen molar-refractivity contribution in [2.24, 2.45) is 0 Å². The Morgan fingerprint density at radius 3 is 2.10 bits per heavy atom. The summed E-state index contributed by atoms with van der Waals surface area (Å²) in [5.74, 6) is 0. The molecule has 0 amide bonds. The van der Waals surface area contributed by atoms with Crippen LogP contribution in [0.5, 0.6) is 0 Å². The Balaban J connectivity index is 2.64. The Morgan fingerprint density at radius 1 is 1.00 bits per heavy atom. The van der Waals surface area contributed by atoms with Crippen molar-refractivity contribution in [3.05, 3.63) is 35.9 Å². The lowest BCUT2D eigenvalue weighted by Gasteiger charge is -2.30. The normalized spacial score (nSPS) is 13.1. The first-order chi connectivity index (χ1) is 9.76. The maximum Gasteiger partial charge on any atom is 0.169 e. The minimum absolute atomic E-state index is 0.192. The molecule has 0 heterocycles. The zero-order chi connectivity index (χ0) is 14.8. The van der Waals surface area contributed by atoms with Gasteiger partial charge in [-0.3, -0.25) is 4.90 Å². The highest BCUT2D eigenvalue weighted by molar-refractivity contribution is 5.19. The average molecular weight is 280 g/mol. The molecule has 4 nitrogen and oxygen atoms in total. The molecular weight excluding hydrogens is 252 g/mol. The van der Waals surface area contributed by atoms with E-state index in [4.69, 9.17) is 9.47 Å². The first kappa shape index (κ1) is 17.1. The van der Waals surface area contributed by atoms with Crippen LogP contribution in [0, 0.1) is 0 Å². The standard InChI is InChI=1S/C16H28N2O2/c1-5-18(6-2)15(14-10-8-7-9-11-14)12-17-13-16(19-3)20-4/h7-11,15-17H,5-6,12-13H2,1-4H3. The Kier molecular flexibility index (Phi) is 8.46. The van der Waals surface area contributed by atoms with Gasteiger partial charge in [-0.1, -0.05) is 44.2 Å². The van der Waals surface area contributed by atoms with E-state index in [0.717, 1.165) is 19.6 Å². The summed E-state index contributed by atoms with van der Waals surface area (Å²) in [6, 6.07) is 11.0. The molecule has 0 aliphatic rings. The lowest BCUT2D eigenvalue weighted by atomic mass is 10.1. The first-order valence-electron chi connectivity index (χ1n) is 7.32. The summed E-state index contributed by atoms with van der Waals surface area (Å²) >= 11 is 0. The Bertz CT molecular complexity index is 338. The zero-order valence-corrected chi connectivity index (χ0v) is 13.1. The van der Waals surface area contributed by atoms with Gasteiger partial charge in [0.05, 0.1) is 0 Å². The fourth-order valence-corrected chi connectivity index (χ4v) is 2.40. The minimum Gasteiger partial charge on any atom is -0.355 e. The predicted octanol–water partition coefficient (Wildman–Crippen LogP) is 2.28. The minimum atomic E-state index is -0.192. The van der Waals surface area contributed by atoms with Crippen LogP contribution in [0.25, 0.3) is 0 Å². The molecule has 1 unspecified atom stereocenters. The van der Waals surface area contributed by atoms with Crippen LogP contribution >= 0.6 is 0 Å². The Labute approximate surface area is 123 Å². The van der Waals surface area contributed by atoms with Gasteiger partial charge in [-0.2, -0.15) is 0 Å². The fourth-order valence-electron chi connectivity index (χ4n) is 2.40. The molecule has 0 aliphatic carbocycles. The molecular formula is C16H28N2O2. The van der Waals surface area contributed by atoms with Crippen molar-refractivity contribution in [3.63, 3.8) is 0 Å². The van der Waals surface area contributed by atoms with Gasteiger partial charge in [0.15, 0.2) is 6.29 Å².